The molecule has 0 atom stereocenters. The molecule has 96 valence electrons. The second kappa shape index (κ2) is 4.35. The Morgan fingerprint density at radius 2 is 1.74 bits per heavy atom. The normalized spacial score (nSPS) is 10.9. The average molecular weight is 260 g/mol. The average Bonchev–Trinajstić information content (AvgIpc) is 2.81. The van der Waals surface area contributed by atoms with Crippen molar-refractivity contribution in [3.8, 4) is 17.1 Å². The minimum Gasteiger partial charge on any atom is -0.482 e. The molecule has 3 aromatic rings. The molecule has 1 aromatic carbocycles. The summed E-state index contributed by atoms with van der Waals surface area (Å²) in [4.78, 5) is 4.22. The highest BCUT2D eigenvalue weighted by Crippen LogP contribution is 2.27. The molecule has 0 aliphatic heterocycles. The van der Waals surface area contributed by atoms with E-state index < -0.39 is 11.6 Å². The van der Waals surface area contributed by atoms with Crippen molar-refractivity contribution in [1.29, 1.82) is 0 Å². The fourth-order valence-corrected chi connectivity index (χ4v) is 2.01. The Hall–Kier alpha value is -2.43. The third-order valence-electron chi connectivity index (χ3n) is 2.88. The summed E-state index contributed by atoms with van der Waals surface area (Å²) in [7, 11) is 1.53. The number of fused-ring (bicyclic) bond motifs is 1. The second-order valence-corrected chi connectivity index (χ2v) is 4.02. The van der Waals surface area contributed by atoms with Crippen LogP contribution in [0.5, 0.6) is 5.88 Å². The maximum atomic E-state index is 13.7. The second-order valence-electron chi connectivity index (χ2n) is 4.02. The van der Waals surface area contributed by atoms with E-state index in [1.807, 2.05) is 0 Å². The van der Waals surface area contributed by atoms with E-state index in [0.717, 1.165) is 0 Å². The summed E-state index contributed by atoms with van der Waals surface area (Å²) in [6.45, 7) is 0. The smallest absolute Gasteiger partial charge is 0.198 e. The number of imidazole rings is 1. The van der Waals surface area contributed by atoms with Crippen LogP contribution < -0.4 is 4.74 Å². The van der Waals surface area contributed by atoms with E-state index in [1.165, 1.54) is 25.3 Å². The Morgan fingerprint density at radius 1 is 1.05 bits per heavy atom. The summed E-state index contributed by atoms with van der Waals surface area (Å²) in [5, 5.41) is 0. The number of methoxy groups -OCH3 is 1. The largest absolute Gasteiger partial charge is 0.482 e. The molecule has 0 fully saturated rings. The molecule has 0 aliphatic rings. The molecule has 2 heterocycles. The van der Waals surface area contributed by atoms with Crippen molar-refractivity contribution in [2.75, 3.05) is 7.11 Å². The molecule has 19 heavy (non-hydrogen) atoms. The summed E-state index contributed by atoms with van der Waals surface area (Å²) < 4.78 is 34.3. The van der Waals surface area contributed by atoms with Crippen LogP contribution in [0, 0.1) is 11.6 Å². The van der Waals surface area contributed by atoms with Crippen LogP contribution in [0.25, 0.3) is 16.9 Å². The third-order valence-corrected chi connectivity index (χ3v) is 2.88. The number of rotatable bonds is 2. The molecule has 0 bridgehead atoms. The van der Waals surface area contributed by atoms with Gasteiger partial charge in [-0.15, -0.1) is 0 Å². The van der Waals surface area contributed by atoms with E-state index in [2.05, 4.69) is 4.98 Å². The highest BCUT2D eigenvalue weighted by Gasteiger charge is 2.15. The fourth-order valence-electron chi connectivity index (χ4n) is 2.01. The number of pyridine rings is 1. The maximum absolute atomic E-state index is 13.7. The van der Waals surface area contributed by atoms with E-state index in [0.29, 0.717) is 11.5 Å². The lowest BCUT2D eigenvalue weighted by atomic mass is 10.1. The minimum absolute atomic E-state index is 0.131. The molecule has 0 radical (unpaired) electrons. The molecule has 5 heteroatoms. The van der Waals surface area contributed by atoms with Crippen molar-refractivity contribution in [2.24, 2.45) is 0 Å². The summed E-state index contributed by atoms with van der Waals surface area (Å²) >= 11 is 0. The van der Waals surface area contributed by atoms with Gasteiger partial charge < -0.3 is 4.74 Å². The number of ether oxygens (including phenoxy) is 1. The van der Waals surface area contributed by atoms with Crippen LogP contribution in [0.1, 0.15) is 0 Å². The zero-order valence-corrected chi connectivity index (χ0v) is 10.1. The van der Waals surface area contributed by atoms with Gasteiger partial charge >= 0.3 is 0 Å². The zero-order chi connectivity index (χ0) is 13.4. The quantitative estimate of drug-likeness (QED) is 0.706. The van der Waals surface area contributed by atoms with Gasteiger partial charge in [-0.3, -0.25) is 4.40 Å². The lowest BCUT2D eigenvalue weighted by Crippen LogP contribution is -1.91. The Bertz CT molecular complexity index is 732. The van der Waals surface area contributed by atoms with Gasteiger partial charge in [-0.25, -0.2) is 13.8 Å². The summed E-state index contributed by atoms with van der Waals surface area (Å²) in [6.07, 6.45) is 1.55. The van der Waals surface area contributed by atoms with E-state index in [1.54, 1.807) is 28.8 Å². The Balaban J connectivity index is 2.27. The molecule has 0 N–H and O–H groups in total. The molecular weight excluding hydrogens is 250 g/mol. The lowest BCUT2D eigenvalue weighted by Gasteiger charge is -2.01. The molecule has 3 rings (SSSR count). The molecular formula is C14H10F2N2O. The molecule has 0 saturated heterocycles. The van der Waals surface area contributed by atoms with Gasteiger partial charge in [0.15, 0.2) is 5.88 Å². The SMILES string of the molecule is COc1cccc2nc(-c3c(F)cccc3F)cn12. The number of halogens is 2. The molecule has 0 amide bonds. The van der Waals surface area contributed by atoms with Crippen LogP contribution in [-0.4, -0.2) is 16.5 Å². The van der Waals surface area contributed by atoms with E-state index in [-0.39, 0.29) is 11.3 Å². The van der Waals surface area contributed by atoms with Crippen LogP contribution in [0.15, 0.2) is 42.6 Å². The van der Waals surface area contributed by atoms with Crippen molar-refractivity contribution in [2.45, 2.75) is 0 Å². The maximum Gasteiger partial charge on any atom is 0.198 e. The van der Waals surface area contributed by atoms with Gasteiger partial charge in [0.25, 0.3) is 0 Å². The van der Waals surface area contributed by atoms with Gasteiger partial charge in [-0.2, -0.15) is 0 Å². The standard InChI is InChI=1S/C14H10F2N2O/c1-19-13-7-3-6-12-17-11(8-18(12)13)14-9(15)4-2-5-10(14)16/h2-8H,1H3. The van der Waals surface area contributed by atoms with Crippen molar-refractivity contribution in [3.05, 3.63) is 54.2 Å². The number of benzene rings is 1. The van der Waals surface area contributed by atoms with Crippen molar-refractivity contribution < 1.29 is 13.5 Å². The number of hydrogen-bond acceptors (Lipinski definition) is 2. The molecule has 0 unspecified atom stereocenters. The Labute approximate surface area is 108 Å². The van der Waals surface area contributed by atoms with Crippen LogP contribution in [0.4, 0.5) is 8.78 Å². The first-order valence-corrected chi connectivity index (χ1v) is 5.67. The minimum atomic E-state index is -0.637. The molecule has 0 spiro atoms. The van der Waals surface area contributed by atoms with Crippen LogP contribution in [0.3, 0.4) is 0 Å². The topological polar surface area (TPSA) is 26.5 Å². The van der Waals surface area contributed by atoms with Gasteiger partial charge in [0.05, 0.1) is 18.4 Å². The predicted octanol–water partition coefficient (Wildman–Crippen LogP) is 3.29. The lowest BCUT2D eigenvalue weighted by molar-refractivity contribution is 0.392. The Kier molecular flexibility index (Phi) is 2.67. The highest BCUT2D eigenvalue weighted by molar-refractivity contribution is 5.64. The van der Waals surface area contributed by atoms with Gasteiger partial charge in [0.2, 0.25) is 0 Å². The molecule has 2 aromatic heterocycles. The zero-order valence-electron chi connectivity index (χ0n) is 10.1. The van der Waals surface area contributed by atoms with Crippen molar-refractivity contribution in [1.82, 2.24) is 9.38 Å². The third kappa shape index (κ3) is 1.83. The van der Waals surface area contributed by atoms with Gasteiger partial charge in [-0.1, -0.05) is 12.1 Å². The summed E-state index contributed by atoms with van der Waals surface area (Å²) in [5.74, 6) is -0.724. The Morgan fingerprint density at radius 3 is 2.42 bits per heavy atom. The first-order valence-electron chi connectivity index (χ1n) is 5.67. The van der Waals surface area contributed by atoms with E-state index >= 15 is 0 Å². The molecule has 3 nitrogen and oxygen atoms in total. The van der Waals surface area contributed by atoms with Crippen LogP contribution >= 0.6 is 0 Å². The number of nitrogens with zero attached hydrogens (tertiary/aromatic N) is 2. The number of aromatic nitrogens is 2. The fraction of sp³-hybridized carbons (Fsp3) is 0.0714. The van der Waals surface area contributed by atoms with E-state index in [4.69, 9.17) is 4.74 Å². The summed E-state index contributed by atoms with van der Waals surface area (Å²) in [6, 6.07) is 8.99. The van der Waals surface area contributed by atoms with Crippen LogP contribution in [-0.2, 0) is 0 Å². The first-order chi connectivity index (χ1) is 9.20. The van der Waals surface area contributed by atoms with Gasteiger partial charge in [0.1, 0.15) is 17.3 Å². The highest BCUT2D eigenvalue weighted by atomic mass is 19.1. The van der Waals surface area contributed by atoms with Crippen molar-refractivity contribution >= 4 is 5.65 Å². The summed E-state index contributed by atoms with van der Waals surface area (Å²) in [5.41, 5.74) is 0.672. The number of hydrogen-bond donors (Lipinski definition) is 0. The monoisotopic (exact) mass is 260 g/mol. The van der Waals surface area contributed by atoms with Gasteiger partial charge in [-0.05, 0) is 24.3 Å². The van der Waals surface area contributed by atoms with Gasteiger partial charge in [0, 0.05) is 6.20 Å². The van der Waals surface area contributed by atoms with Crippen LogP contribution in [0.2, 0.25) is 0 Å². The molecule has 0 aliphatic carbocycles. The van der Waals surface area contributed by atoms with Crippen molar-refractivity contribution in [3.63, 3.8) is 0 Å². The predicted molar refractivity (Wildman–Crippen MR) is 67.1 cm³/mol. The van der Waals surface area contributed by atoms with E-state index in [9.17, 15) is 8.78 Å². The molecule has 0 saturated carbocycles. The first kappa shape index (κ1) is 11.6.